The molecular formula is C19H16ClNO3. The second-order valence-electron chi connectivity index (χ2n) is 5.26. The van der Waals surface area contributed by atoms with Crippen LogP contribution in [0.1, 0.15) is 15.9 Å². The first kappa shape index (κ1) is 16.3. The van der Waals surface area contributed by atoms with Gasteiger partial charge in [-0.3, -0.25) is 0 Å². The minimum atomic E-state index is -0.340. The number of fused-ring (bicyclic) bond motifs is 1. The van der Waals surface area contributed by atoms with Gasteiger partial charge in [-0.05, 0) is 35.2 Å². The van der Waals surface area contributed by atoms with Crippen LogP contribution in [0.3, 0.4) is 0 Å². The van der Waals surface area contributed by atoms with Crippen LogP contribution in [0.15, 0.2) is 54.6 Å². The highest BCUT2D eigenvalue weighted by Gasteiger charge is 2.07. The van der Waals surface area contributed by atoms with Crippen LogP contribution in [-0.4, -0.2) is 24.7 Å². The van der Waals surface area contributed by atoms with Crippen molar-refractivity contribution in [3.05, 3.63) is 70.9 Å². The number of esters is 1. The second-order valence-corrected chi connectivity index (χ2v) is 5.65. The van der Waals surface area contributed by atoms with Gasteiger partial charge in [-0.15, -0.1) is 0 Å². The summed E-state index contributed by atoms with van der Waals surface area (Å²) in [6.07, 6.45) is 0.698. The second kappa shape index (κ2) is 7.32. The number of methoxy groups -OCH3 is 1. The number of rotatable bonds is 5. The Balaban J connectivity index is 1.67. The van der Waals surface area contributed by atoms with E-state index in [1.54, 1.807) is 12.1 Å². The molecule has 0 bridgehead atoms. The fraction of sp³-hybridized carbons (Fsp3) is 0.158. The third kappa shape index (κ3) is 3.66. The third-order valence-corrected chi connectivity index (χ3v) is 3.87. The first-order valence-electron chi connectivity index (χ1n) is 7.53. The van der Waals surface area contributed by atoms with Crippen LogP contribution in [0.25, 0.3) is 10.8 Å². The van der Waals surface area contributed by atoms with Crippen LogP contribution in [0.5, 0.6) is 5.88 Å². The number of aromatic nitrogens is 1. The molecule has 0 aliphatic heterocycles. The summed E-state index contributed by atoms with van der Waals surface area (Å²) in [5, 5.41) is 2.34. The molecular weight excluding hydrogens is 326 g/mol. The Morgan fingerprint density at radius 3 is 2.62 bits per heavy atom. The van der Waals surface area contributed by atoms with Crippen LogP contribution >= 0.6 is 11.6 Å². The number of hydrogen-bond acceptors (Lipinski definition) is 4. The van der Waals surface area contributed by atoms with E-state index in [1.807, 2.05) is 42.5 Å². The maximum atomic E-state index is 11.4. The first-order valence-corrected chi connectivity index (χ1v) is 7.90. The Morgan fingerprint density at radius 2 is 1.88 bits per heavy atom. The molecule has 0 radical (unpaired) electrons. The van der Waals surface area contributed by atoms with Crippen molar-refractivity contribution in [2.75, 3.05) is 13.7 Å². The van der Waals surface area contributed by atoms with Crippen molar-refractivity contribution in [3.63, 3.8) is 0 Å². The fourth-order valence-electron chi connectivity index (χ4n) is 2.44. The molecule has 0 unspecified atom stereocenters. The molecule has 0 N–H and O–H groups in total. The molecule has 0 saturated heterocycles. The zero-order chi connectivity index (χ0) is 16.9. The summed E-state index contributed by atoms with van der Waals surface area (Å²) in [6, 6.07) is 16.9. The Bertz CT molecular complexity index is 862. The molecule has 4 nitrogen and oxygen atoms in total. The number of nitrogens with zero attached hydrogens (tertiary/aromatic N) is 1. The lowest BCUT2D eigenvalue weighted by Gasteiger charge is -2.09. The quantitative estimate of drug-likeness (QED) is 0.513. The van der Waals surface area contributed by atoms with E-state index in [0.29, 0.717) is 29.6 Å². The van der Waals surface area contributed by atoms with Crippen LogP contribution in [-0.2, 0) is 11.2 Å². The number of carbonyl (C=O) groups excluding carboxylic acids is 1. The Morgan fingerprint density at radius 1 is 1.12 bits per heavy atom. The van der Waals surface area contributed by atoms with Crippen molar-refractivity contribution in [1.29, 1.82) is 0 Å². The third-order valence-electron chi connectivity index (χ3n) is 3.68. The molecule has 3 rings (SSSR count). The van der Waals surface area contributed by atoms with Gasteiger partial charge in [0.05, 0.1) is 19.3 Å². The lowest BCUT2D eigenvalue weighted by molar-refractivity contribution is 0.0600. The lowest BCUT2D eigenvalue weighted by atomic mass is 10.1. The molecule has 0 aliphatic carbocycles. The van der Waals surface area contributed by atoms with E-state index in [0.717, 1.165) is 16.3 Å². The molecule has 1 heterocycles. The maximum Gasteiger partial charge on any atom is 0.337 e. The summed E-state index contributed by atoms with van der Waals surface area (Å²) in [5.41, 5.74) is 1.60. The number of benzene rings is 2. The van der Waals surface area contributed by atoms with Crippen molar-refractivity contribution in [2.24, 2.45) is 0 Å². The average molecular weight is 342 g/mol. The predicted molar refractivity (Wildman–Crippen MR) is 93.7 cm³/mol. The molecule has 122 valence electrons. The molecule has 0 spiro atoms. The van der Waals surface area contributed by atoms with E-state index in [1.165, 1.54) is 7.11 Å². The number of ether oxygens (including phenoxy) is 2. The zero-order valence-electron chi connectivity index (χ0n) is 13.2. The van der Waals surface area contributed by atoms with Gasteiger partial charge in [0.25, 0.3) is 0 Å². The summed E-state index contributed by atoms with van der Waals surface area (Å²) >= 11 is 6.05. The maximum absolute atomic E-state index is 11.4. The minimum Gasteiger partial charge on any atom is -0.477 e. The van der Waals surface area contributed by atoms with E-state index in [4.69, 9.17) is 16.3 Å². The molecule has 0 atom stereocenters. The molecule has 3 aromatic rings. The Hall–Kier alpha value is -2.59. The summed E-state index contributed by atoms with van der Waals surface area (Å²) in [4.78, 5) is 15.7. The average Bonchev–Trinajstić information content (AvgIpc) is 2.61. The smallest absolute Gasteiger partial charge is 0.337 e. The molecule has 2 aromatic carbocycles. The summed E-state index contributed by atoms with van der Waals surface area (Å²) in [7, 11) is 1.37. The van der Waals surface area contributed by atoms with Crippen LogP contribution in [0.4, 0.5) is 0 Å². The fourth-order valence-corrected chi connectivity index (χ4v) is 2.63. The van der Waals surface area contributed by atoms with Gasteiger partial charge in [-0.2, -0.15) is 0 Å². The van der Waals surface area contributed by atoms with Gasteiger partial charge in [0.2, 0.25) is 5.88 Å². The normalized spacial score (nSPS) is 10.6. The predicted octanol–water partition coefficient (Wildman–Crippen LogP) is 4.30. The zero-order valence-corrected chi connectivity index (χ0v) is 13.9. The molecule has 24 heavy (non-hydrogen) atoms. The highest BCUT2D eigenvalue weighted by atomic mass is 35.5. The standard InChI is InChI=1S/C19H16ClNO3/c1-23-19(22)14-8-6-13(7-9-14)10-11-24-18-16-5-3-2-4-15(16)12-17(20)21-18/h2-9,12H,10-11H2,1H3. The minimum absolute atomic E-state index is 0.340. The van der Waals surface area contributed by atoms with E-state index in [-0.39, 0.29) is 5.97 Å². The monoisotopic (exact) mass is 341 g/mol. The summed E-state index contributed by atoms with van der Waals surface area (Å²) < 4.78 is 10.5. The van der Waals surface area contributed by atoms with Gasteiger partial charge in [-0.25, -0.2) is 9.78 Å². The van der Waals surface area contributed by atoms with Crippen molar-refractivity contribution < 1.29 is 14.3 Å². The summed E-state index contributed by atoms with van der Waals surface area (Å²) in [6.45, 7) is 0.467. The number of hydrogen-bond donors (Lipinski definition) is 0. The largest absolute Gasteiger partial charge is 0.477 e. The van der Waals surface area contributed by atoms with Crippen LogP contribution in [0.2, 0.25) is 5.15 Å². The molecule has 0 amide bonds. The van der Waals surface area contributed by atoms with Crippen molar-refractivity contribution in [1.82, 2.24) is 4.98 Å². The van der Waals surface area contributed by atoms with Crippen LogP contribution in [0, 0.1) is 0 Å². The van der Waals surface area contributed by atoms with Gasteiger partial charge in [0, 0.05) is 11.8 Å². The van der Waals surface area contributed by atoms with Gasteiger partial charge in [0.1, 0.15) is 5.15 Å². The highest BCUT2D eigenvalue weighted by Crippen LogP contribution is 2.26. The Kier molecular flexibility index (Phi) is 4.96. The van der Waals surface area contributed by atoms with Gasteiger partial charge < -0.3 is 9.47 Å². The van der Waals surface area contributed by atoms with E-state index in [9.17, 15) is 4.79 Å². The first-order chi connectivity index (χ1) is 11.7. The Labute approximate surface area is 145 Å². The lowest BCUT2D eigenvalue weighted by Crippen LogP contribution is -2.04. The van der Waals surface area contributed by atoms with Crippen LogP contribution < -0.4 is 4.74 Å². The number of carbonyl (C=O) groups is 1. The number of pyridine rings is 1. The van der Waals surface area contributed by atoms with Crippen molar-refractivity contribution in [3.8, 4) is 5.88 Å². The molecule has 5 heteroatoms. The number of halogens is 1. The highest BCUT2D eigenvalue weighted by molar-refractivity contribution is 6.30. The molecule has 0 saturated carbocycles. The van der Waals surface area contributed by atoms with Crippen molar-refractivity contribution in [2.45, 2.75) is 6.42 Å². The SMILES string of the molecule is COC(=O)c1ccc(CCOc2nc(Cl)cc3ccccc23)cc1. The molecule has 0 fully saturated rings. The van der Waals surface area contributed by atoms with Gasteiger partial charge in [-0.1, -0.05) is 41.9 Å². The van der Waals surface area contributed by atoms with Crippen molar-refractivity contribution >= 4 is 28.3 Å². The van der Waals surface area contributed by atoms with Gasteiger partial charge in [0.15, 0.2) is 0 Å². The van der Waals surface area contributed by atoms with E-state index < -0.39 is 0 Å². The van der Waals surface area contributed by atoms with E-state index in [2.05, 4.69) is 9.72 Å². The van der Waals surface area contributed by atoms with Gasteiger partial charge >= 0.3 is 5.97 Å². The molecule has 0 aliphatic rings. The van der Waals surface area contributed by atoms with E-state index >= 15 is 0 Å². The summed E-state index contributed by atoms with van der Waals surface area (Å²) in [5.74, 6) is 0.191. The molecule has 1 aromatic heterocycles. The topological polar surface area (TPSA) is 48.4 Å².